The van der Waals surface area contributed by atoms with Crippen LogP contribution in [0.3, 0.4) is 0 Å². The van der Waals surface area contributed by atoms with Crippen LogP contribution in [0.1, 0.15) is 144 Å². The number of nitrogens with two attached hydrogens (primary N) is 3. The number of carboxylic acids is 1. The molecule has 0 radical (unpaired) electrons. The van der Waals surface area contributed by atoms with Gasteiger partial charge in [-0.25, -0.2) is 0 Å². The fourth-order valence-electron chi connectivity index (χ4n) is 6.88. The van der Waals surface area contributed by atoms with Crippen molar-refractivity contribution in [2.45, 2.75) is 169 Å². The number of rotatable bonds is 41. The monoisotopic (exact) mass is 1000 g/mol. The molecule has 0 aliphatic heterocycles. The molecular weight excluding hydrogens is 921 g/mol. The largest absolute Gasteiger partial charge is 0.481 e. The number of aliphatic hydroxyl groups excluding tert-OH is 1. The molecule has 0 spiro atoms. The standard InChI is InChI=1S/C47H80N6O15S/c1-7-43(61)68-34(25-67-44(62)16-11-13-29(4)5)26-69-27-36(52-42(60)15-10-12-28(2)3)39(57)22-33(23-41(50)59)46(64)53-35(24-54)38(56)20-31(17-18-40(49)58)45(63)51-30(6)37(55)21-32(47(65)66)14-8-9-19-48/h28-36,54H,7-27,48H2,1-6H3,(H2,49,58)(H2,50,59)(H,51,63)(H,52,60)(H,53,64)(H,65,66)/t30-,31+,32+,33-,34?,35-,36-/m0/s1. The first-order valence-corrected chi connectivity index (χ1v) is 25.1. The molecule has 69 heavy (non-hydrogen) atoms. The minimum Gasteiger partial charge on any atom is -0.481 e. The van der Waals surface area contributed by atoms with Crippen molar-refractivity contribution < 1.29 is 72.4 Å². The molecule has 0 saturated heterocycles. The number of hydrogen-bond acceptors (Lipinski definition) is 16. The number of amides is 5. The van der Waals surface area contributed by atoms with Crippen LogP contribution < -0.4 is 33.2 Å². The van der Waals surface area contributed by atoms with Gasteiger partial charge < -0.3 is 52.8 Å². The van der Waals surface area contributed by atoms with Gasteiger partial charge in [0.2, 0.25) is 29.5 Å². The maximum Gasteiger partial charge on any atom is 0.306 e. The third kappa shape index (κ3) is 30.3. The number of carbonyl (C=O) groups is 11. The zero-order chi connectivity index (χ0) is 52.6. The molecule has 0 aromatic carbocycles. The Bertz CT molecular complexity index is 1700. The second-order valence-electron chi connectivity index (χ2n) is 18.3. The van der Waals surface area contributed by atoms with Gasteiger partial charge in [-0.2, -0.15) is 11.8 Å². The third-order valence-electron chi connectivity index (χ3n) is 11.0. The van der Waals surface area contributed by atoms with Crippen molar-refractivity contribution in [2.24, 2.45) is 46.8 Å². The summed E-state index contributed by atoms with van der Waals surface area (Å²) in [6, 6.07) is -4.11. The number of hydrogen-bond donors (Lipinski definition) is 8. The molecule has 0 aromatic heterocycles. The van der Waals surface area contributed by atoms with Gasteiger partial charge in [-0.15, -0.1) is 0 Å². The number of carboxylic acid groups (broad SMARTS) is 1. The molecule has 0 fully saturated rings. The minimum atomic E-state index is -1.69. The Kier molecular flexibility index (Phi) is 33.5. The topological polar surface area (TPSA) is 361 Å². The van der Waals surface area contributed by atoms with Crippen LogP contribution in [0.2, 0.25) is 0 Å². The van der Waals surface area contributed by atoms with Crippen molar-refractivity contribution in [1.82, 2.24) is 16.0 Å². The highest BCUT2D eigenvalue weighted by Crippen LogP contribution is 2.20. The second-order valence-corrected chi connectivity index (χ2v) is 19.3. The van der Waals surface area contributed by atoms with Crippen LogP contribution in [0.4, 0.5) is 0 Å². The fraction of sp³-hybridized carbons (Fsp3) is 0.766. The van der Waals surface area contributed by atoms with Crippen molar-refractivity contribution in [1.29, 1.82) is 0 Å². The zero-order valence-corrected chi connectivity index (χ0v) is 42.2. The van der Waals surface area contributed by atoms with Crippen molar-refractivity contribution in [3.63, 3.8) is 0 Å². The van der Waals surface area contributed by atoms with E-state index in [1.54, 1.807) is 6.92 Å². The van der Waals surface area contributed by atoms with E-state index in [9.17, 15) is 63.0 Å². The summed E-state index contributed by atoms with van der Waals surface area (Å²) in [5.41, 5.74) is 16.3. The van der Waals surface area contributed by atoms with E-state index in [0.717, 1.165) is 24.6 Å². The summed E-state index contributed by atoms with van der Waals surface area (Å²) < 4.78 is 10.9. The molecule has 22 heteroatoms. The molecule has 5 amide bonds. The second kappa shape index (κ2) is 36.1. The fourth-order valence-corrected chi connectivity index (χ4v) is 7.95. The number of primary amides is 2. The molecule has 1 unspecified atom stereocenters. The van der Waals surface area contributed by atoms with Gasteiger partial charge in [0.25, 0.3) is 0 Å². The number of esters is 2. The number of ketones is 3. The summed E-state index contributed by atoms with van der Waals surface area (Å²) in [5.74, 6) is -11.7. The number of aliphatic carboxylic acids is 1. The van der Waals surface area contributed by atoms with Crippen LogP contribution in [-0.2, 0) is 62.2 Å². The molecular formula is C47H80N6O15S. The highest BCUT2D eigenvalue weighted by molar-refractivity contribution is 7.99. The molecule has 0 heterocycles. The zero-order valence-electron chi connectivity index (χ0n) is 41.4. The SMILES string of the molecule is CCC(=O)OC(COC(=O)CCCC(C)C)CSC[C@H](NC(=O)CCCC(C)C)C(=O)C[C@@H](CC(N)=O)C(=O)N[C@@H](CO)C(=O)C[C@@H](CCC(N)=O)C(=O)N[C@@H](C)C(=O)C[C@@H](CCCCN)C(=O)O. The van der Waals surface area contributed by atoms with E-state index in [0.29, 0.717) is 44.1 Å². The predicted octanol–water partition coefficient (Wildman–Crippen LogP) is 1.78. The molecule has 0 rings (SSSR count). The molecule has 0 saturated carbocycles. The van der Waals surface area contributed by atoms with Gasteiger partial charge in [-0.1, -0.05) is 53.9 Å². The van der Waals surface area contributed by atoms with Crippen LogP contribution >= 0.6 is 11.8 Å². The van der Waals surface area contributed by atoms with E-state index < -0.39 is 139 Å². The number of thioether (sulfide) groups is 1. The Labute approximate surface area is 410 Å². The van der Waals surface area contributed by atoms with Gasteiger partial charge in [0.05, 0.1) is 30.5 Å². The number of aliphatic hydroxyl groups is 1. The van der Waals surface area contributed by atoms with Gasteiger partial charge in [-0.3, -0.25) is 52.7 Å². The highest BCUT2D eigenvalue weighted by atomic mass is 32.2. The van der Waals surface area contributed by atoms with Gasteiger partial charge >= 0.3 is 17.9 Å². The van der Waals surface area contributed by atoms with E-state index in [-0.39, 0.29) is 56.6 Å². The summed E-state index contributed by atoms with van der Waals surface area (Å²) in [5, 5.41) is 27.3. The number of nitrogens with one attached hydrogen (secondary N) is 3. The number of unbranched alkanes of at least 4 members (excludes halogenated alkanes) is 1. The van der Waals surface area contributed by atoms with Crippen molar-refractivity contribution in [3.8, 4) is 0 Å². The van der Waals surface area contributed by atoms with Crippen LogP contribution in [-0.4, -0.2) is 131 Å². The maximum absolute atomic E-state index is 14.0. The van der Waals surface area contributed by atoms with Crippen molar-refractivity contribution >= 4 is 76.6 Å². The third-order valence-corrected chi connectivity index (χ3v) is 12.2. The molecule has 21 nitrogen and oxygen atoms in total. The summed E-state index contributed by atoms with van der Waals surface area (Å²) in [4.78, 5) is 141. The van der Waals surface area contributed by atoms with E-state index in [4.69, 9.17) is 26.7 Å². The van der Waals surface area contributed by atoms with Crippen LogP contribution in [0, 0.1) is 29.6 Å². The maximum atomic E-state index is 14.0. The normalized spacial score (nSPS) is 14.3. The van der Waals surface area contributed by atoms with E-state index in [1.807, 2.05) is 27.7 Å². The summed E-state index contributed by atoms with van der Waals surface area (Å²) in [6.07, 6.45) is 0.274. The molecule has 0 aromatic rings. The van der Waals surface area contributed by atoms with Gasteiger partial charge in [0.15, 0.2) is 17.3 Å². The van der Waals surface area contributed by atoms with Crippen molar-refractivity contribution in [3.05, 3.63) is 0 Å². The summed E-state index contributed by atoms with van der Waals surface area (Å²) in [7, 11) is 0. The number of Topliss-reactive ketones (excluding diaryl/α,β-unsaturated/α-hetero) is 3. The Morgan fingerprint density at radius 3 is 1.72 bits per heavy atom. The van der Waals surface area contributed by atoms with Gasteiger partial charge in [0.1, 0.15) is 18.8 Å². The summed E-state index contributed by atoms with van der Waals surface area (Å²) in [6.45, 7) is 10.1. The van der Waals surface area contributed by atoms with Gasteiger partial charge in [0, 0.05) is 68.8 Å². The Morgan fingerprint density at radius 1 is 0.594 bits per heavy atom. The average Bonchev–Trinajstić information content (AvgIpc) is 3.26. The van der Waals surface area contributed by atoms with E-state index in [1.165, 1.54) is 6.92 Å². The molecule has 7 atom stereocenters. The highest BCUT2D eigenvalue weighted by Gasteiger charge is 2.34. The molecule has 0 bridgehead atoms. The molecule has 11 N–H and O–H groups in total. The predicted molar refractivity (Wildman–Crippen MR) is 257 cm³/mol. The number of ether oxygens (including phenoxy) is 2. The average molecular weight is 1000 g/mol. The lowest BCUT2D eigenvalue weighted by Gasteiger charge is -2.24. The lowest BCUT2D eigenvalue weighted by molar-refractivity contribution is -0.157. The Hall–Kier alpha value is -4.96. The van der Waals surface area contributed by atoms with Crippen LogP contribution in [0.15, 0.2) is 0 Å². The van der Waals surface area contributed by atoms with E-state index >= 15 is 0 Å². The first-order valence-electron chi connectivity index (χ1n) is 24.0. The lowest BCUT2D eigenvalue weighted by atomic mass is 9.91. The van der Waals surface area contributed by atoms with E-state index in [2.05, 4.69) is 16.0 Å². The first-order chi connectivity index (χ1) is 32.4. The smallest absolute Gasteiger partial charge is 0.306 e. The lowest BCUT2D eigenvalue weighted by Crippen LogP contribution is -2.49. The first kappa shape index (κ1) is 64.0. The molecule has 0 aliphatic carbocycles. The summed E-state index contributed by atoms with van der Waals surface area (Å²) >= 11 is 1.11. The van der Waals surface area contributed by atoms with Crippen molar-refractivity contribution in [2.75, 3.05) is 31.3 Å². The quantitative estimate of drug-likeness (QED) is 0.0320. The van der Waals surface area contributed by atoms with Crippen LogP contribution in [0.5, 0.6) is 0 Å². The number of carbonyl (C=O) groups excluding carboxylic acids is 10. The minimum absolute atomic E-state index is 0.0461. The van der Waals surface area contributed by atoms with Crippen LogP contribution in [0.25, 0.3) is 0 Å². The Morgan fingerprint density at radius 2 is 1.17 bits per heavy atom. The molecule has 394 valence electrons. The Balaban J connectivity index is 6.24. The molecule has 0 aliphatic rings. The van der Waals surface area contributed by atoms with Gasteiger partial charge in [-0.05, 0) is 57.4 Å².